The number of hydrogen-bond donors (Lipinski definition) is 0. The van der Waals surface area contributed by atoms with Crippen LogP contribution in [0, 0.1) is 13.8 Å². The molecule has 4 aromatic rings. The fourth-order valence-electron chi connectivity index (χ4n) is 4.43. The van der Waals surface area contributed by atoms with Crippen molar-refractivity contribution < 1.29 is 18.7 Å². The highest BCUT2D eigenvalue weighted by atomic mass is 79.9. The molecule has 1 unspecified atom stereocenters. The van der Waals surface area contributed by atoms with Gasteiger partial charge in [-0.25, -0.2) is 0 Å². The molecule has 1 aromatic heterocycles. The Kier molecular flexibility index (Phi) is 5.44. The van der Waals surface area contributed by atoms with Gasteiger partial charge in [-0.3, -0.25) is 14.5 Å². The Morgan fingerprint density at radius 2 is 1.65 bits per heavy atom. The van der Waals surface area contributed by atoms with Gasteiger partial charge >= 0.3 is 0 Å². The number of carbonyl (C=O) groups excluding carboxylic acids is 1. The Morgan fingerprint density at radius 1 is 0.882 bits per heavy atom. The van der Waals surface area contributed by atoms with Gasteiger partial charge in [0.1, 0.15) is 5.58 Å². The van der Waals surface area contributed by atoms with Crippen LogP contribution in [0.3, 0.4) is 0 Å². The minimum absolute atomic E-state index is 0.0536. The molecule has 172 valence electrons. The van der Waals surface area contributed by atoms with Crippen LogP contribution in [0.2, 0.25) is 0 Å². The molecule has 6 nitrogen and oxygen atoms in total. The Bertz CT molecular complexity index is 1520. The summed E-state index contributed by atoms with van der Waals surface area (Å²) in [7, 11) is 3.11. The van der Waals surface area contributed by atoms with Crippen molar-refractivity contribution in [2.45, 2.75) is 19.9 Å². The third kappa shape index (κ3) is 3.39. The highest BCUT2D eigenvalue weighted by molar-refractivity contribution is 9.10. The fourth-order valence-corrected chi connectivity index (χ4v) is 4.79. The van der Waals surface area contributed by atoms with E-state index in [2.05, 4.69) is 15.9 Å². The molecule has 1 aliphatic heterocycles. The van der Waals surface area contributed by atoms with Gasteiger partial charge in [0.2, 0.25) is 5.76 Å². The third-order valence-corrected chi connectivity index (χ3v) is 6.82. The zero-order valence-corrected chi connectivity index (χ0v) is 20.7. The molecular formula is C27H22BrNO5. The first-order valence-corrected chi connectivity index (χ1v) is 11.5. The van der Waals surface area contributed by atoms with Gasteiger partial charge in [0.05, 0.1) is 31.2 Å². The van der Waals surface area contributed by atoms with Crippen LogP contribution in [0.1, 0.15) is 38.9 Å². The standard InChI is InChI=1S/C27H22BrNO5/c1-14-5-8-18(11-15(14)2)29-24(16-6-9-21(32-3)22(12-16)33-4)23-25(30)19-13-17(28)7-10-20(19)34-26(23)27(29)31/h5-13,24H,1-4H3. The van der Waals surface area contributed by atoms with E-state index < -0.39 is 6.04 Å². The summed E-state index contributed by atoms with van der Waals surface area (Å²) in [4.78, 5) is 29.1. The first-order chi connectivity index (χ1) is 16.3. The van der Waals surface area contributed by atoms with Crippen LogP contribution in [0.25, 0.3) is 11.0 Å². The third-order valence-electron chi connectivity index (χ3n) is 6.32. The molecule has 5 rings (SSSR count). The van der Waals surface area contributed by atoms with E-state index in [0.717, 1.165) is 15.6 Å². The fraction of sp³-hybridized carbons (Fsp3) is 0.185. The summed E-state index contributed by atoms with van der Waals surface area (Å²) in [6.07, 6.45) is 0. The molecule has 3 aromatic carbocycles. The molecular weight excluding hydrogens is 498 g/mol. The molecule has 0 aliphatic carbocycles. The van der Waals surface area contributed by atoms with Gasteiger partial charge in [-0.2, -0.15) is 0 Å². The van der Waals surface area contributed by atoms with Crippen molar-refractivity contribution in [1.82, 2.24) is 0 Å². The zero-order valence-electron chi connectivity index (χ0n) is 19.1. The minimum atomic E-state index is -0.691. The van der Waals surface area contributed by atoms with Gasteiger partial charge in [-0.15, -0.1) is 0 Å². The number of benzene rings is 3. The van der Waals surface area contributed by atoms with Crippen LogP contribution in [0.5, 0.6) is 11.5 Å². The van der Waals surface area contributed by atoms with Crippen molar-refractivity contribution in [3.05, 3.63) is 97.3 Å². The number of methoxy groups -OCH3 is 2. The Labute approximate surface area is 204 Å². The van der Waals surface area contributed by atoms with Gasteiger partial charge < -0.3 is 13.9 Å². The van der Waals surface area contributed by atoms with E-state index >= 15 is 0 Å². The Morgan fingerprint density at radius 3 is 2.35 bits per heavy atom. The molecule has 2 heterocycles. The van der Waals surface area contributed by atoms with E-state index in [1.807, 2.05) is 38.1 Å². The smallest absolute Gasteiger partial charge is 0.295 e. The highest BCUT2D eigenvalue weighted by Crippen LogP contribution is 2.43. The Balaban J connectivity index is 1.82. The summed E-state index contributed by atoms with van der Waals surface area (Å²) in [6.45, 7) is 4.01. The second kappa shape index (κ2) is 8.33. The number of nitrogens with zero attached hydrogens (tertiary/aromatic N) is 1. The lowest BCUT2D eigenvalue weighted by Gasteiger charge is -2.26. The summed E-state index contributed by atoms with van der Waals surface area (Å²) in [6, 6.07) is 15.7. The lowest BCUT2D eigenvalue weighted by molar-refractivity contribution is 0.0971. The van der Waals surface area contributed by atoms with Crippen molar-refractivity contribution in [2.24, 2.45) is 0 Å². The molecule has 1 atom stereocenters. The van der Waals surface area contributed by atoms with Crippen LogP contribution in [0.4, 0.5) is 5.69 Å². The molecule has 1 amide bonds. The maximum atomic E-state index is 13.8. The molecule has 0 saturated carbocycles. The maximum Gasteiger partial charge on any atom is 0.295 e. The largest absolute Gasteiger partial charge is 0.493 e. The van der Waals surface area contributed by atoms with E-state index in [4.69, 9.17) is 13.9 Å². The van der Waals surface area contributed by atoms with Crippen molar-refractivity contribution >= 4 is 38.5 Å². The van der Waals surface area contributed by atoms with Crippen LogP contribution in [0.15, 0.2) is 68.3 Å². The van der Waals surface area contributed by atoms with Crippen LogP contribution < -0.4 is 19.8 Å². The zero-order chi connectivity index (χ0) is 24.1. The molecule has 0 saturated heterocycles. The number of fused-ring (bicyclic) bond motifs is 2. The molecule has 0 radical (unpaired) electrons. The predicted octanol–water partition coefficient (Wildman–Crippen LogP) is 5.94. The maximum absolute atomic E-state index is 13.8. The number of amides is 1. The van der Waals surface area contributed by atoms with Gasteiger partial charge in [-0.1, -0.05) is 28.1 Å². The average Bonchev–Trinajstić information content (AvgIpc) is 3.13. The van der Waals surface area contributed by atoms with Gasteiger partial charge in [0.15, 0.2) is 16.9 Å². The molecule has 0 N–H and O–H groups in total. The number of carbonyl (C=O) groups is 1. The molecule has 7 heteroatoms. The number of anilines is 1. The van der Waals surface area contributed by atoms with Gasteiger partial charge in [0.25, 0.3) is 5.91 Å². The highest BCUT2D eigenvalue weighted by Gasteiger charge is 2.44. The van der Waals surface area contributed by atoms with E-state index in [1.54, 1.807) is 49.5 Å². The molecule has 0 spiro atoms. The topological polar surface area (TPSA) is 69.0 Å². The first kappa shape index (κ1) is 22.2. The molecule has 1 aliphatic rings. The average molecular weight is 520 g/mol. The first-order valence-electron chi connectivity index (χ1n) is 10.7. The monoisotopic (exact) mass is 519 g/mol. The molecule has 0 bridgehead atoms. The second-order valence-corrected chi connectivity index (χ2v) is 9.19. The lowest BCUT2D eigenvalue weighted by Crippen LogP contribution is -2.29. The van der Waals surface area contributed by atoms with E-state index in [0.29, 0.717) is 39.3 Å². The van der Waals surface area contributed by atoms with Crippen molar-refractivity contribution in [3.63, 3.8) is 0 Å². The van der Waals surface area contributed by atoms with E-state index in [9.17, 15) is 9.59 Å². The number of ether oxygens (including phenoxy) is 2. The minimum Gasteiger partial charge on any atom is -0.493 e. The Hall–Kier alpha value is -3.58. The lowest BCUT2D eigenvalue weighted by atomic mass is 9.97. The number of halogens is 1. The summed E-state index contributed by atoms with van der Waals surface area (Å²) < 4.78 is 17.7. The van der Waals surface area contributed by atoms with E-state index in [-0.39, 0.29) is 17.1 Å². The quantitative estimate of drug-likeness (QED) is 0.333. The van der Waals surface area contributed by atoms with Crippen molar-refractivity contribution in [1.29, 1.82) is 0 Å². The van der Waals surface area contributed by atoms with Crippen molar-refractivity contribution in [3.8, 4) is 11.5 Å². The molecule has 34 heavy (non-hydrogen) atoms. The van der Waals surface area contributed by atoms with Crippen molar-refractivity contribution in [2.75, 3.05) is 19.1 Å². The van der Waals surface area contributed by atoms with Gasteiger partial charge in [-0.05, 0) is 73.0 Å². The second-order valence-electron chi connectivity index (χ2n) is 8.28. The van der Waals surface area contributed by atoms with Crippen LogP contribution in [-0.2, 0) is 0 Å². The normalized spacial score (nSPS) is 15.0. The number of hydrogen-bond acceptors (Lipinski definition) is 5. The summed E-state index contributed by atoms with van der Waals surface area (Å²) in [5.74, 6) is 0.759. The number of rotatable bonds is 4. The predicted molar refractivity (Wildman–Crippen MR) is 134 cm³/mol. The molecule has 0 fully saturated rings. The van der Waals surface area contributed by atoms with Gasteiger partial charge in [0, 0.05) is 10.2 Å². The number of aryl methyl sites for hydroxylation is 2. The SMILES string of the molecule is COc1ccc(C2c3c(oc4ccc(Br)cc4c3=O)C(=O)N2c2ccc(C)c(C)c2)cc1OC. The summed E-state index contributed by atoms with van der Waals surface area (Å²) in [5, 5.41) is 0.410. The summed E-state index contributed by atoms with van der Waals surface area (Å²) >= 11 is 3.43. The summed E-state index contributed by atoms with van der Waals surface area (Å²) in [5.41, 5.74) is 3.99. The van der Waals surface area contributed by atoms with Crippen LogP contribution >= 0.6 is 15.9 Å². The van der Waals surface area contributed by atoms with E-state index in [1.165, 1.54) is 0 Å². The van der Waals surface area contributed by atoms with Crippen LogP contribution in [-0.4, -0.2) is 20.1 Å².